The van der Waals surface area contributed by atoms with Crippen LogP contribution in [0, 0.1) is 34.1 Å². The van der Waals surface area contributed by atoms with E-state index in [1.54, 1.807) is 27.7 Å². The van der Waals surface area contributed by atoms with Crippen molar-refractivity contribution in [3.8, 4) is 0 Å². The van der Waals surface area contributed by atoms with Gasteiger partial charge in [0.05, 0.1) is 9.85 Å². The van der Waals surface area contributed by atoms with Crippen molar-refractivity contribution in [2.45, 2.75) is 120 Å². The van der Waals surface area contributed by atoms with E-state index < -0.39 is 9.85 Å². The molecule has 0 saturated carbocycles. The summed E-state index contributed by atoms with van der Waals surface area (Å²) in [6.45, 7) is 13.9. The molecule has 19 heteroatoms. The standard InChI is InChI=1S/2C18H24N4O4S.Co/c2*1-5-6-7-8-9-13-10(2)14(16(24)11(3)15(13)23)20-21-18-19-12(4)17(27-18)22(25)26;/h2*5-9H2,1-4H3,(H2,19,21,23,24);/p-2. The number of aryl methyl sites for hydroxylation is 2. The van der Waals surface area contributed by atoms with E-state index in [9.17, 15) is 40.0 Å². The second-order valence-corrected chi connectivity index (χ2v) is 14.7. The van der Waals surface area contributed by atoms with Crippen molar-refractivity contribution in [1.29, 1.82) is 0 Å². The number of carbonyl (C=O) groups excluding carboxylic acids is 2. The van der Waals surface area contributed by atoms with Gasteiger partial charge in [-0.05, 0) is 78.4 Å². The third-order valence-corrected chi connectivity index (χ3v) is 10.9. The van der Waals surface area contributed by atoms with Crippen LogP contribution in [0.5, 0.6) is 0 Å². The summed E-state index contributed by atoms with van der Waals surface area (Å²) in [5.41, 5.74) is 3.89. The van der Waals surface area contributed by atoms with Gasteiger partial charge in [-0.1, -0.05) is 75.0 Å². The molecule has 2 heterocycles. The van der Waals surface area contributed by atoms with Crippen LogP contribution in [0.1, 0.15) is 117 Å². The van der Waals surface area contributed by atoms with Gasteiger partial charge in [-0.15, -0.1) is 0 Å². The molecule has 2 aromatic heterocycles. The molecule has 0 amide bonds. The summed E-state index contributed by atoms with van der Waals surface area (Å²) in [6, 6.07) is 0. The van der Waals surface area contributed by atoms with Crippen LogP contribution < -0.4 is 19.6 Å². The number of hydrogen-bond acceptors (Lipinski definition) is 14. The summed E-state index contributed by atoms with van der Waals surface area (Å²) in [7, 11) is 0. The van der Waals surface area contributed by atoms with E-state index in [-0.39, 0.29) is 93.4 Å². The number of nitro groups is 2. The molecule has 2 aromatic rings. The van der Waals surface area contributed by atoms with Gasteiger partial charge >= 0.3 is 10.0 Å². The Bertz CT molecular complexity index is 1990. The molecule has 4 rings (SSSR count). The smallest absolute Gasteiger partial charge is 0.322 e. The van der Waals surface area contributed by atoms with Crippen molar-refractivity contribution in [1.82, 2.24) is 9.97 Å². The number of allylic oxidation sites excluding steroid dienone is 6. The molecule has 0 unspecified atom stereocenters. The van der Waals surface area contributed by atoms with E-state index in [1.165, 1.54) is 13.8 Å². The number of hydrogen-bond donors (Lipinski definition) is 2. The molecule has 0 atom stereocenters. The maximum Gasteiger partial charge on any atom is 0.322 e. The number of nitrogens with zero attached hydrogens (tertiary/aromatic N) is 8. The molecular formula is C36H46CoN8O8S2-2. The van der Waals surface area contributed by atoms with Crippen molar-refractivity contribution < 1.29 is 46.4 Å². The predicted molar refractivity (Wildman–Crippen MR) is 208 cm³/mol. The Morgan fingerprint density at radius 2 is 0.927 bits per heavy atom. The summed E-state index contributed by atoms with van der Waals surface area (Å²) in [5.74, 6) is -0.745. The fourth-order valence-electron chi connectivity index (χ4n) is 5.67. The molecule has 2 aliphatic rings. The molecule has 0 aromatic carbocycles. The van der Waals surface area contributed by atoms with Crippen LogP contribution in [0.4, 0.5) is 10.0 Å². The van der Waals surface area contributed by atoms with Gasteiger partial charge in [-0.3, -0.25) is 40.0 Å². The van der Waals surface area contributed by atoms with Gasteiger partial charge in [0.25, 0.3) is 0 Å². The maximum absolute atomic E-state index is 12.5. The number of Topliss-reactive ketones (excluding diaryl/α,β-unsaturated/α-hetero) is 2. The molecule has 301 valence electrons. The summed E-state index contributed by atoms with van der Waals surface area (Å²) in [5, 5.41) is 58.4. The Hall–Kier alpha value is -4.59. The van der Waals surface area contributed by atoms with Crippen molar-refractivity contribution in [2.24, 2.45) is 20.4 Å². The average Bonchev–Trinajstić information content (AvgIpc) is 3.70. The third-order valence-electron chi connectivity index (χ3n) is 8.89. The largest absolute Gasteiger partial charge is 0.505 e. The molecule has 1 radical (unpaired) electrons. The Morgan fingerprint density at radius 3 is 1.22 bits per heavy atom. The van der Waals surface area contributed by atoms with Gasteiger partial charge in [0.2, 0.25) is 0 Å². The Balaban J connectivity index is 0.000000373. The molecule has 55 heavy (non-hydrogen) atoms. The fraction of sp³-hybridized carbons (Fsp3) is 0.500. The zero-order valence-corrected chi connectivity index (χ0v) is 34.8. The van der Waals surface area contributed by atoms with Crippen LogP contribution >= 0.6 is 22.7 Å². The number of aliphatic hydroxyl groups excluding tert-OH is 2. The topological polar surface area (TPSA) is 239 Å². The zero-order chi connectivity index (χ0) is 40.3. The molecule has 16 nitrogen and oxygen atoms in total. The van der Waals surface area contributed by atoms with Crippen LogP contribution in [-0.2, 0) is 26.4 Å². The Morgan fingerprint density at radius 1 is 0.582 bits per heavy atom. The number of ketones is 2. The summed E-state index contributed by atoms with van der Waals surface area (Å²) >= 11 is 1.63. The summed E-state index contributed by atoms with van der Waals surface area (Å²) in [4.78, 5) is 54.1. The monoisotopic (exact) mass is 841 g/mol. The van der Waals surface area contributed by atoms with Crippen LogP contribution in [0.15, 0.2) is 65.4 Å². The molecule has 2 aliphatic carbocycles. The van der Waals surface area contributed by atoms with Crippen molar-refractivity contribution in [2.75, 3.05) is 0 Å². The summed E-state index contributed by atoms with van der Waals surface area (Å²) in [6.07, 6.45) is 9.53. The predicted octanol–water partition coefficient (Wildman–Crippen LogP) is 7.76. The maximum atomic E-state index is 12.5. The van der Waals surface area contributed by atoms with E-state index in [4.69, 9.17) is 0 Å². The van der Waals surface area contributed by atoms with Gasteiger partial charge in [0, 0.05) is 60.1 Å². The number of rotatable bonds is 14. The Labute approximate surface area is 336 Å². The number of thiazole rings is 2. The van der Waals surface area contributed by atoms with E-state index in [1.807, 2.05) is 0 Å². The van der Waals surface area contributed by atoms with Crippen LogP contribution in [0.25, 0.3) is 0 Å². The van der Waals surface area contributed by atoms with Gasteiger partial charge in [-0.25, -0.2) is 0 Å². The van der Waals surface area contributed by atoms with Gasteiger partial charge in [-0.2, -0.15) is 0 Å². The minimum Gasteiger partial charge on any atom is -0.505 e. The van der Waals surface area contributed by atoms with Gasteiger partial charge in [0.1, 0.15) is 22.9 Å². The van der Waals surface area contributed by atoms with Gasteiger partial charge < -0.3 is 30.4 Å². The fourth-order valence-corrected chi connectivity index (χ4v) is 7.08. The van der Waals surface area contributed by atoms with Crippen LogP contribution in [-0.4, -0.2) is 43.0 Å². The first-order chi connectivity index (χ1) is 25.5. The van der Waals surface area contributed by atoms with E-state index >= 15 is 0 Å². The first-order valence-electron chi connectivity index (χ1n) is 17.7. The van der Waals surface area contributed by atoms with Crippen molar-refractivity contribution >= 4 is 55.7 Å². The normalized spacial score (nSPS) is 17.1. The SMILES string of the molecule is CCCCCCC1=C(C)C(=NN=c2[n-]c(C)c([N+](=O)[O-])s2)C(O)=C(C)C1=O.CCCCCCC1=C(C)C(=NN=c2[n-]c(C)c([N+](=O)[O-])s2)C(O)=C(C)C1=O.[Co]. The van der Waals surface area contributed by atoms with Crippen LogP contribution in [0.3, 0.4) is 0 Å². The first-order valence-corrected chi connectivity index (χ1v) is 19.3. The van der Waals surface area contributed by atoms with E-state index in [2.05, 4.69) is 44.2 Å². The summed E-state index contributed by atoms with van der Waals surface area (Å²) < 4.78 is 0. The first kappa shape index (κ1) is 46.6. The molecule has 0 spiro atoms. The minimum absolute atomic E-state index is 0. The average molecular weight is 842 g/mol. The molecule has 0 fully saturated rings. The number of aliphatic hydroxyl groups is 2. The number of carbonyl (C=O) groups is 2. The molecule has 0 bridgehead atoms. The minimum atomic E-state index is -0.514. The quantitative estimate of drug-likeness (QED) is 0.0811. The number of unbranched alkanes of at least 4 members (excludes halogenated alkanes) is 6. The molecule has 0 aliphatic heterocycles. The second kappa shape index (κ2) is 21.5. The Kier molecular flexibility index (Phi) is 18.2. The molecular weight excluding hydrogens is 796 g/mol. The van der Waals surface area contributed by atoms with Gasteiger partial charge in [0.15, 0.2) is 11.6 Å². The number of aromatic nitrogens is 2. The van der Waals surface area contributed by atoms with Crippen LogP contribution in [0.2, 0.25) is 0 Å². The van der Waals surface area contributed by atoms with Crippen molar-refractivity contribution in [3.05, 3.63) is 86.2 Å². The second-order valence-electron chi connectivity index (χ2n) is 12.8. The van der Waals surface area contributed by atoms with E-state index in [0.717, 1.165) is 74.0 Å². The third kappa shape index (κ3) is 11.7. The molecule has 2 N–H and O–H groups in total. The molecule has 0 saturated heterocycles. The zero-order valence-electron chi connectivity index (χ0n) is 32.1. The van der Waals surface area contributed by atoms with E-state index in [0.29, 0.717) is 35.1 Å². The van der Waals surface area contributed by atoms with Crippen molar-refractivity contribution in [3.63, 3.8) is 0 Å².